The van der Waals surface area contributed by atoms with E-state index in [0.717, 1.165) is 12.8 Å². The quantitative estimate of drug-likeness (QED) is 0.636. The van der Waals surface area contributed by atoms with E-state index in [4.69, 9.17) is 0 Å². The summed E-state index contributed by atoms with van der Waals surface area (Å²) < 4.78 is 25.7. The molecule has 0 radical (unpaired) electrons. The zero-order valence-electron chi connectivity index (χ0n) is 9.78. The molecule has 5 nitrogen and oxygen atoms in total. The first-order valence-corrected chi connectivity index (χ1v) is 6.65. The van der Waals surface area contributed by atoms with Crippen LogP contribution in [0.5, 0.6) is 0 Å². The van der Waals surface area contributed by atoms with Gasteiger partial charge in [0.15, 0.2) is 0 Å². The average molecular weight is 239 g/mol. The van der Waals surface area contributed by atoms with Crippen molar-refractivity contribution in [2.75, 3.05) is 26.0 Å². The first-order chi connectivity index (χ1) is 6.60. The number of hydrogen-bond acceptors (Lipinski definition) is 5. The minimum atomic E-state index is -3.46. The van der Waals surface area contributed by atoms with Crippen molar-refractivity contribution in [1.82, 2.24) is 5.32 Å². The van der Waals surface area contributed by atoms with E-state index in [1.807, 2.05) is 0 Å². The molecule has 0 aromatic heterocycles. The molecule has 0 fully saturated rings. The van der Waals surface area contributed by atoms with Crippen molar-refractivity contribution in [3.05, 3.63) is 0 Å². The fourth-order valence-electron chi connectivity index (χ4n) is 0.875. The summed E-state index contributed by atoms with van der Waals surface area (Å²) in [5, 5.41) is 12.4. The molecule has 1 atom stereocenters. The van der Waals surface area contributed by atoms with Crippen LogP contribution < -0.4 is 5.32 Å². The summed E-state index contributed by atoms with van der Waals surface area (Å²) in [5.74, 6) is 0. The van der Waals surface area contributed by atoms with Crippen molar-refractivity contribution < 1.29 is 17.7 Å². The van der Waals surface area contributed by atoms with Gasteiger partial charge in [-0.15, -0.1) is 0 Å². The average Bonchev–Trinajstić information content (AvgIpc) is 1.97. The molecule has 0 saturated heterocycles. The van der Waals surface area contributed by atoms with Gasteiger partial charge in [-0.2, -0.15) is 8.42 Å². The van der Waals surface area contributed by atoms with Crippen LogP contribution in [0.3, 0.4) is 0 Å². The second-order valence-electron chi connectivity index (χ2n) is 4.83. The number of aliphatic hydroxyl groups excluding tert-OH is 1. The normalized spacial score (nSPS) is 15.3. The lowest BCUT2D eigenvalue weighted by molar-refractivity contribution is 0.107. The van der Waals surface area contributed by atoms with Crippen LogP contribution in [0.2, 0.25) is 0 Å². The molecule has 0 spiro atoms. The van der Waals surface area contributed by atoms with E-state index in [1.54, 1.807) is 0 Å². The van der Waals surface area contributed by atoms with Crippen LogP contribution in [-0.4, -0.2) is 45.6 Å². The fourth-order valence-corrected chi connectivity index (χ4v) is 1.28. The predicted octanol–water partition coefficient (Wildman–Crippen LogP) is -0.0408. The highest BCUT2D eigenvalue weighted by molar-refractivity contribution is 7.85. The molecule has 92 valence electrons. The Hall–Kier alpha value is -0.170. The van der Waals surface area contributed by atoms with Gasteiger partial charge in [0, 0.05) is 13.1 Å². The molecule has 0 aromatic carbocycles. The Kier molecular flexibility index (Phi) is 5.72. The Morgan fingerprint density at radius 3 is 2.33 bits per heavy atom. The summed E-state index contributed by atoms with van der Waals surface area (Å²) in [6, 6.07) is 0. The molecule has 0 unspecified atom stereocenters. The summed E-state index contributed by atoms with van der Waals surface area (Å²) in [5.41, 5.74) is 0.136. The van der Waals surface area contributed by atoms with Crippen molar-refractivity contribution in [2.24, 2.45) is 5.41 Å². The number of nitrogens with one attached hydrogen (secondary N) is 1. The molecule has 0 rings (SSSR count). The van der Waals surface area contributed by atoms with Gasteiger partial charge >= 0.3 is 0 Å². The zero-order chi connectivity index (χ0) is 12.1. The van der Waals surface area contributed by atoms with E-state index in [-0.39, 0.29) is 12.0 Å². The maximum absolute atomic E-state index is 10.6. The van der Waals surface area contributed by atoms with E-state index in [2.05, 4.69) is 30.3 Å². The van der Waals surface area contributed by atoms with Gasteiger partial charge in [0.1, 0.15) is 0 Å². The molecule has 0 aliphatic carbocycles. The molecule has 0 saturated carbocycles. The molecular formula is C9H21NO4S. The molecule has 15 heavy (non-hydrogen) atoms. The third kappa shape index (κ3) is 11.8. The highest BCUT2D eigenvalue weighted by atomic mass is 32.2. The largest absolute Gasteiger partial charge is 0.389 e. The van der Waals surface area contributed by atoms with Crippen LogP contribution in [0.4, 0.5) is 0 Å². The summed E-state index contributed by atoms with van der Waals surface area (Å²) in [6.07, 6.45) is 0.157. The maximum atomic E-state index is 10.6. The monoisotopic (exact) mass is 239 g/mol. The predicted molar refractivity (Wildman–Crippen MR) is 59.1 cm³/mol. The summed E-state index contributed by atoms with van der Waals surface area (Å²) in [7, 11) is -3.46. The topological polar surface area (TPSA) is 75.6 Å². The van der Waals surface area contributed by atoms with Crippen LogP contribution in [0.15, 0.2) is 0 Å². The van der Waals surface area contributed by atoms with Gasteiger partial charge in [-0.1, -0.05) is 20.8 Å². The second-order valence-corrected chi connectivity index (χ2v) is 6.48. The van der Waals surface area contributed by atoms with E-state index in [0.29, 0.717) is 6.54 Å². The molecule has 0 heterocycles. The van der Waals surface area contributed by atoms with Gasteiger partial charge in [0.25, 0.3) is 10.1 Å². The van der Waals surface area contributed by atoms with Gasteiger partial charge < -0.3 is 10.4 Å². The van der Waals surface area contributed by atoms with Crippen molar-refractivity contribution in [1.29, 1.82) is 0 Å². The van der Waals surface area contributed by atoms with Crippen molar-refractivity contribution in [3.63, 3.8) is 0 Å². The molecule has 0 aromatic rings. The number of aliphatic hydroxyl groups is 1. The van der Waals surface area contributed by atoms with Gasteiger partial charge in [-0.05, 0) is 5.41 Å². The second kappa shape index (κ2) is 5.79. The lowest BCUT2D eigenvalue weighted by Gasteiger charge is -2.20. The number of hydrogen-bond donors (Lipinski definition) is 2. The Bertz CT molecular complexity index is 268. The molecule has 0 aliphatic rings. The van der Waals surface area contributed by atoms with Crippen LogP contribution in [0.1, 0.15) is 20.8 Å². The van der Waals surface area contributed by atoms with Crippen LogP contribution in [0.25, 0.3) is 0 Å². The van der Waals surface area contributed by atoms with Gasteiger partial charge in [-0.3, -0.25) is 4.18 Å². The lowest BCUT2D eigenvalue weighted by Crippen LogP contribution is -2.35. The molecule has 0 bridgehead atoms. The molecule has 6 heteroatoms. The van der Waals surface area contributed by atoms with E-state index < -0.39 is 16.2 Å². The minimum absolute atomic E-state index is 0.136. The number of rotatable bonds is 6. The zero-order valence-corrected chi connectivity index (χ0v) is 10.6. The van der Waals surface area contributed by atoms with Crippen molar-refractivity contribution in [3.8, 4) is 0 Å². The first kappa shape index (κ1) is 14.8. The smallest absolute Gasteiger partial charge is 0.264 e. The minimum Gasteiger partial charge on any atom is -0.389 e. The maximum Gasteiger partial charge on any atom is 0.264 e. The van der Waals surface area contributed by atoms with Gasteiger partial charge in [-0.25, -0.2) is 0 Å². The SMILES string of the molecule is CC(C)(C)CNC[C@H](O)COS(C)(=O)=O. The first-order valence-electron chi connectivity index (χ1n) is 4.83. The Labute approximate surface area is 92.0 Å². The van der Waals surface area contributed by atoms with Crippen LogP contribution in [-0.2, 0) is 14.3 Å². The van der Waals surface area contributed by atoms with Crippen LogP contribution >= 0.6 is 0 Å². The molecule has 0 amide bonds. The van der Waals surface area contributed by atoms with E-state index in [1.165, 1.54) is 0 Å². The standard InChI is InChI=1S/C9H21NO4S/c1-9(2,3)7-10-5-8(11)6-14-15(4,12)13/h8,10-11H,5-7H2,1-4H3/t8-/m0/s1. The van der Waals surface area contributed by atoms with Crippen LogP contribution in [0, 0.1) is 5.41 Å². The van der Waals surface area contributed by atoms with E-state index in [9.17, 15) is 13.5 Å². The highest BCUT2D eigenvalue weighted by Gasteiger charge is 2.12. The molecule has 0 aliphatic heterocycles. The van der Waals surface area contributed by atoms with Crippen molar-refractivity contribution >= 4 is 10.1 Å². The summed E-state index contributed by atoms with van der Waals surface area (Å²) in [4.78, 5) is 0. The van der Waals surface area contributed by atoms with Crippen molar-refractivity contribution in [2.45, 2.75) is 26.9 Å². The molecular weight excluding hydrogens is 218 g/mol. The Balaban J connectivity index is 3.63. The lowest BCUT2D eigenvalue weighted by atomic mass is 9.97. The fraction of sp³-hybridized carbons (Fsp3) is 1.00. The summed E-state index contributed by atoms with van der Waals surface area (Å²) >= 11 is 0. The summed E-state index contributed by atoms with van der Waals surface area (Å²) in [6.45, 7) is 7.09. The Morgan fingerprint density at radius 1 is 1.40 bits per heavy atom. The van der Waals surface area contributed by atoms with Gasteiger partial charge in [0.05, 0.1) is 19.0 Å². The Morgan fingerprint density at radius 2 is 1.93 bits per heavy atom. The highest BCUT2D eigenvalue weighted by Crippen LogP contribution is 2.09. The third-order valence-electron chi connectivity index (χ3n) is 1.51. The third-order valence-corrected chi connectivity index (χ3v) is 2.07. The van der Waals surface area contributed by atoms with E-state index >= 15 is 0 Å². The van der Waals surface area contributed by atoms with Gasteiger partial charge in [0.2, 0.25) is 0 Å². The molecule has 2 N–H and O–H groups in total.